The smallest absolute Gasteiger partial charge is 0.0633 e. The summed E-state index contributed by atoms with van der Waals surface area (Å²) in [5.41, 5.74) is 5.07. The second-order valence-corrected chi connectivity index (χ2v) is 8.02. The first-order valence-electron chi connectivity index (χ1n) is 9.21. The molecule has 1 aromatic heterocycles. The Morgan fingerprint density at radius 1 is 0.870 bits per heavy atom. The fraction of sp³-hybridized carbons (Fsp3) is 0.789. The van der Waals surface area contributed by atoms with Crippen LogP contribution >= 0.6 is 11.3 Å². The number of aliphatic hydroxyl groups is 2. The summed E-state index contributed by atoms with van der Waals surface area (Å²) in [6.45, 7) is 1.93. The molecule has 0 aliphatic rings. The maximum absolute atomic E-state index is 9.22. The van der Waals surface area contributed by atoms with Crippen molar-refractivity contribution in [1.29, 1.82) is 0 Å². The van der Waals surface area contributed by atoms with Gasteiger partial charge in [-0.15, -0.1) is 11.3 Å². The predicted molar refractivity (Wildman–Crippen MR) is 100 cm³/mol. The van der Waals surface area contributed by atoms with Crippen LogP contribution < -0.4 is 5.73 Å². The lowest BCUT2D eigenvalue weighted by Gasteiger charge is -2.23. The Kier molecular flexibility index (Phi) is 10.8. The van der Waals surface area contributed by atoms with Crippen LogP contribution in [0.4, 0.5) is 0 Å². The molecule has 134 valence electrons. The lowest BCUT2D eigenvalue weighted by Crippen LogP contribution is -2.47. The molecule has 1 rings (SSSR count). The van der Waals surface area contributed by atoms with Crippen LogP contribution in [-0.2, 0) is 12.8 Å². The predicted octanol–water partition coefficient (Wildman–Crippen LogP) is 4.05. The third-order valence-corrected chi connectivity index (χ3v) is 5.70. The van der Waals surface area contributed by atoms with E-state index in [-0.39, 0.29) is 13.2 Å². The number of thiophene rings is 1. The van der Waals surface area contributed by atoms with Gasteiger partial charge in [0.25, 0.3) is 0 Å². The van der Waals surface area contributed by atoms with E-state index >= 15 is 0 Å². The minimum atomic E-state index is -0.845. The van der Waals surface area contributed by atoms with E-state index in [0.29, 0.717) is 6.42 Å². The molecule has 0 fully saturated rings. The number of hydrogen-bond acceptors (Lipinski definition) is 4. The van der Waals surface area contributed by atoms with Crippen LogP contribution in [-0.4, -0.2) is 29.0 Å². The van der Waals surface area contributed by atoms with Gasteiger partial charge in [-0.3, -0.25) is 0 Å². The van der Waals surface area contributed by atoms with Crippen molar-refractivity contribution in [2.45, 2.75) is 83.1 Å². The molecular weight excluding hydrogens is 306 g/mol. The zero-order chi connectivity index (χ0) is 17.0. The molecule has 0 aromatic carbocycles. The topological polar surface area (TPSA) is 66.5 Å². The highest BCUT2D eigenvalue weighted by Gasteiger charge is 2.22. The molecule has 1 aromatic rings. The fourth-order valence-corrected chi connectivity index (χ4v) is 3.76. The molecule has 0 unspecified atom stereocenters. The van der Waals surface area contributed by atoms with Gasteiger partial charge in [0.1, 0.15) is 0 Å². The molecule has 4 heteroatoms. The third kappa shape index (κ3) is 8.85. The van der Waals surface area contributed by atoms with Crippen LogP contribution in [0.15, 0.2) is 12.1 Å². The molecule has 23 heavy (non-hydrogen) atoms. The average molecular weight is 342 g/mol. The Balaban J connectivity index is 2.14. The van der Waals surface area contributed by atoms with Gasteiger partial charge in [0.2, 0.25) is 0 Å². The van der Waals surface area contributed by atoms with E-state index in [1.807, 2.05) is 11.3 Å². The lowest BCUT2D eigenvalue weighted by atomic mass is 9.96. The lowest BCUT2D eigenvalue weighted by molar-refractivity contribution is 0.115. The Morgan fingerprint density at radius 2 is 1.39 bits per heavy atom. The quantitative estimate of drug-likeness (QED) is 0.447. The van der Waals surface area contributed by atoms with E-state index in [9.17, 15) is 10.2 Å². The molecule has 0 spiro atoms. The summed E-state index contributed by atoms with van der Waals surface area (Å²) in [4.78, 5) is 2.75. The van der Waals surface area contributed by atoms with Crippen molar-refractivity contribution >= 4 is 11.3 Å². The van der Waals surface area contributed by atoms with E-state index in [1.54, 1.807) is 0 Å². The van der Waals surface area contributed by atoms with Gasteiger partial charge in [-0.25, -0.2) is 0 Å². The Labute approximate surface area is 145 Å². The monoisotopic (exact) mass is 341 g/mol. The number of nitrogens with two attached hydrogens (primary N) is 1. The van der Waals surface area contributed by atoms with Crippen LogP contribution in [0.25, 0.3) is 0 Å². The van der Waals surface area contributed by atoms with Crippen molar-refractivity contribution in [3.8, 4) is 0 Å². The number of hydrogen-bond donors (Lipinski definition) is 3. The summed E-state index contributed by atoms with van der Waals surface area (Å²) in [7, 11) is 0. The van der Waals surface area contributed by atoms with Crippen molar-refractivity contribution in [2.24, 2.45) is 5.73 Å². The summed E-state index contributed by atoms with van der Waals surface area (Å²) >= 11 is 1.85. The van der Waals surface area contributed by atoms with Crippen molar-refractivity contribution in [2.75, 3.05) is 13.2 Å². The van der Waals surface area contributed by atoms with E-state index in [2.05, 4.69) is 19.1 Å². The standard InChI is InChI=1S/C19H35NO2S/c1-2-3-4-5-6-7-8-9-10-17-11-12-18(23-17)13-14-19(20,15-21)16-22/h11-12,21-22H,2-10,13-16,20H2,1H3. The number of rotatable bonds is 14. The Morgan fingerprint density at radius 3 is 1.96 bits per heavy atom. The van der Waals surface area contributed by atoms with Gasteiger partial charge in [0.15, 0.2) is 0 Å². The molecule has 0 bridgehead atoms. The molecule has 4 N–H and O–H groups in total. The zero-order valence-electron chi connectivity index (χ0n) is 14.7. The summed E-state index contributed by atoms with van der Waals surface area (Å²) in [6.07, 6.45) is 13.5. The fourth-order valence-electron chi connectivity index (χ4n) is 2.70. The number of aliphatic hydroxyl groups excluding tert-OH is 2. The van der Waals surface area contributed by atoms with Gasteiger partial charge in [0, 0.05) is 9.75 Å². The molecule has 0 atom stereocenters. The van der Waals surface area contributed by atoms with Crippen molar-refractivity contribution in [1.82, 2.24) is 0 Å². The van der Waals surface area contributed by atoms with Crippen LogP contribution in [0, 0.1) is 0 Å². The van der Waals surface area contributed by atoms with Gasteiger partial charge < -0.3 is 15.9 Å². The maximum Gasteiger partial charge on any atom is 0.0633 e. The average Bonchev–Trinajstić information content (AvgIpc) is 3.03. The first-order chi connectivity index (χ1) is 11.1. The van der Waals surface area contributed by atoms with Crippen LogP contribution in [0.5, 0.6) is 0 Å². The van der Waals surface area contributed by atoms with Crippen LogP contribution in [0.3, 0.4) is 0 Å². The van der Waals surface area contributed by atoms with Gasteiger partial charge in [-0.05, 0) is 37.8 Å². The van der Waals surface area contributed by atoms with Gasteiger partial charge >= 0.3 is 0 Å². The van der Waals surface area contributed by atoms with Gasteiger partial charge in [-0.1, -0.05) is 51.9 Å². The second-order valence-electron chi connectivity index (χ2n) is 6.77. The molecule has 0 aliphatic carbocycles. The maximum atomic E-state index is 9.22. The molecule has 0 aliphatic heterocycles. The molecule has 0 radical (unpaired) electrons. The molecular formula is C19H35NO2S. The normalized spacial score (nSPS) is 12.0. The number of aryl methyl sites for hydroxylation is 2. The molecule has 0 saturated carbocycles. The van der Waals surface area contributed by atoms with Crippen molar-refractivity contribution < 1.29 is 10.2 Å². The zero-order valence-corrected chi connectivity index (χ0v) is 15.5. The Bertz CT molecular complexity index is 402. The van der Waals surface area contributed by atoms with Crippen molar-refractivity contribution in [3.63, 3.8) is 0 Å². The minimum Gasteiger partial charge on any atom is -0.394 e. The summed E-state index contributed by atoms with van der Waals surface area (Å²) in [6, 6.07) is 4.39. The highest BCUT2D eigenvalue weighted by atomic mass is 32.1. The van der Waals surface area contributed by atoms with Crippen LogP contribution in [0.2, 0.25) is 0 Å². The molecule has 3 nitrogen and oxygen atoms in total. The van der Waals surface area contributed by atoms with E-state index in [0.717, 1.165) is 6.42 Å². The van der Waals surface area contributed by atoms with E-state index in [1.165, 1.54) is 67.5 Å². The van der Waals surface area contributed by atoms with E-state index in [4.69, 9.17) is 5.73 Å². The molecule has 0 saturated heterocycles. The summed E-state index contributed by atoms with van der Waals surface area (Å²) in [5.74, 6) is 0. The van der Waals surface area contributed by atoms with E-state index < -0.39 is 5.54 Å². The largest absolute Gasteiger partial charge is 0.394 e. The third-order valence-electron chi connectivity index (χ3n) is 4.49. The highest BCUT2D eigenvalue weighted by molar-refractivity contribution is 7.11. The minimum absolute atomic E-state index is 0.167. The Hall–Kier alpha value is -0.420. The van der Waals surface area contributed by atoms with Crippen molar-refractivity contribution in [3.05, 3.63) is 21.9 Å². The summed E-state index contributed by atoms with van der Waals surface area (Å²) in [5, 5.41) is 18.4. The van der Waals surface area contributed by atoms with Gasteiger partial charge in [-0.2, -0.15) is 0 Å². The number of unbranched alkanes of at least 4 members (excludes halogenated alkanes) is 7. The summed E-state index contributed by atoms with van der Waals surface area (Å²) < 4.78 is 0. The molecule has 1 heterocycles. The second kappa shape index (κ2) is 12.0. The molecule has 0 amide bonds. The first-order valence-corrected chi connectivity index (χ1v) is 10.0. The SMILES string of the molecule is CCCCCCCCCCc1ccc(CCC(N)(CO)CO)s1. The van der Waals surface area contributed by atoms with Gasteiger partial charge in [0.05, 0.1) is 18.8 Å². The highest BCUT2D eigenvalue weighted by Crippen LogP contribution is 2.22. The first kappa shape index (κ1) is 20.6. The van der Waals surface area contributed by atoms with Crippen LogP contribution in [0.1, 0.15) is 74.5 Å².